The van der Waals surface area contributed by atoms with Crippen LogP contribution in [0.3, 0.4) is 0 Å². The van der Waals surface area contributed by atoms with Crippen LogP contribution >= 0.6 is 0 Å². The number of hydrogen-bond acceptors (Lipinski definition) is 4. The third-order valence-corrected chi connectivity index (χ3v) is 7.77. The summed E-state index contributed by atoms with van der Waals surface area (Å²) < 4.78 is 29.5. The molecular weight excluding hydrogens is 400 g/mol. The third-order valence-electron chi connectivity index (χ3n) is 5.88. The van der Waals surface area contributed by atoms with Gasteiger partial charge in [0.15, 0.2) is 0 Å². The summed E-state index contributed by atoms with van der Waals surface area (Å²) in [6, 6.07) is 5.44. The normalized spacial score (nSPS) is 15.3. The summed E-state index contributed by atoms with van der Waals surface area (Å²) in [5, 5.41) is 3.07. The molecule has 0 spiro atoms. The van der Waals surface area contributed by atoms with Crippen LogP contribution in [0.1, 0.15) is 65.1 Å². The number of carbonyl (C=O) groups excluding carboxylic acids is 1. The number of aryl methyl sites for hydroxylation is 2. The first-order chi connectivity index (χ1) is 14.4. The first-order valence-corrected chi connectivity index (χ1v) is 12.6. The van der Waals surface area contributed by atoms with Gasteiger partial charge in [0.25, 0.3) is 0 Å². The lowest BCUT2D eigenvalue weighted by molar-refractivity contribution is -0.121. The Morgan fingerprint density at radius 2 is 1.87 bits per heavy atom. The van der Waals surface area contributed by atoms with Gasteiger partial charge >= 0.3 is 0 Å². The van der Waals surface area contributed by atoms with Crippen molar-refractivity contribution in [2.24, 2.45) is 0 Å². The molecule has 0 bridgehead atoms. The van der Waals surface area contributed by atoms with E-state index >= 15 is 0 Å². The van der Waals surface area contributed by atoms with Crippen LogP contribution in [0.2, 0.25) is 0 Å². The molecule has 0 atom stereocenters. The Labute approximate surface area is 179 Å². The number of amides is 1. The molecule has 1 fully saturated rings. The Balaban J connectivity index is 1.84. The number of imidazole rings is 1. The fourth-order valence-corrected chi connectivity index (χ4v) is 5.62. The number of aromatic nitrogens is 2. The van der Waals surface area contributed by atoms with Crippen LogP contribution in [0, 0.1) is 0 Å². The van der Waals surface area contributed by atoms with Crippen LogP contribution in [0.15, 0.2) is 23.1 Å². The van der Waals surface area contributed by atoms with Crippen molar-refractivity contribution in [3.8, 4) is 0 Å². The molecule has 0 unspecified atom stereocenters. The minimum absolute atomic E-state index is 0.0381. The van der Waals surface area contributed by atoms with Crippen molar-refractivity contribution in [2.75, 3.05) is 13.1 Å². The van der Waals surface area contributed by atoms with Crippen LogP contribution in [-0.4, -0.2) is 47.3 Å². The summed E-state index contributed by atoms with van der Waals surface area (Å²) in [5.74, 6) is 0.873. The van der Waals surface area contributed by atoms with Gasteiger partial charge in [-0.3, -0.25) is 4.79 Å². The van der Waals surface area contributed by atoms with Gasteiger partial charge in [0.2, 0.25) is 15.9 Å². The van der Waals surface area contributed by atoms with E-state index in [1.54, 1.807) is 16.4 Å². The molecule has 1 aliphatic rings. The topological polar surface area (TPSA) is 84.3 Å². The maximum absolute atomic E-state index is 12.9. The number of carbonyl (C=O) groups is 1. The van der Waals surface area contributed by atoms with E-state index in [-0.39, 0.29) is 11.9 Å². The maximum atomic E-state index is 12.9. The van der Waals surface area contributed by atoms with E-state index < -0.39 is 10.0 Å². The van der Waals surface area contributed by atoms with E-state index in [1.807, 2.05) is 6.07 Å². The van der Waals surface area contributed by atoms with Gasteiger partial charge in [0, 0.05) is 38.5 Å². The van der Waals surface area contributed by atoms with Crippen LogP contribution < -0.4 is 5.32 Å². The molecule has 1 amide bonds. The molecule has 1 aromatic carbocycles. The Hall–Kier alpha value is -1.93. The van der Waals surface area contributed by atoms with Crippen molar-refractivity contribution in [1.29, 1.82) is 0 Å². The Kier molecular flexibility index (Phi) is 7.52. The predicted molar refractivity (Wildman–Crippen MR) is 119 cm³/mol. The van der Waals surface area contributed by atoms with E-state index in [0.29, 0.717) is 36.3 Å². The molecule has 166 valence electrons. The van der Waals surface area contributed by atoms with Crippen molar-refractivity contribution < 1.29 is 13.2 Å². The highest BCUT2D eigenvalue weighted by atomic mass is 32.2. The van der Waals surface area contributed by atoms with E-state index in [4.69, 9.17) is 4.98 Å². The Morgan fingerprint density at radius 1 is 1.17 bits per heavy atom. The van der Waals surface area contributed by atoms with Gasteiger partial charge in [-0.05, 0) is 50.3 Å². The molecule has 1 aromatic heterocycles. The first-order valence-electron chi connectivity index (χ1n) is 11.2. The summed E-state index contributed by atoms with van der Waals surface area (Å²) >= 11 is 0. The van der Waals surface area contributed by atoms with Crippen molar-refractivity contribution in [3.05, 3.63) is 24.0 Å². The average molecular weight is 435 g/mol. The van der Waals surface area contributed by atoms with E-state index in [1.165, 1.54) is 0 Å². The smallest absolute Gasteiger partial charge is 0.243 e. The number of benzene rings is 1. The summed E-state index contributed by atoms with van der Waals surface area (Å²) in [6.45, 7) is 8.20. The lowest BCUT2D eigenvalue weighted by atomic mass is 10.1. The molecule has 7 nitrogen and oxygen atoms in total. The second kappa shape index (κ2) is 9.92. The third kappa shape index (κ3) is 4.86. The number of nitrogens with zero attached hydrogens (tertiary/aromatic N) is 3. The molecule has 0 aliphatic carbocycles. The van der Waals surface area contributed by atoms with Gasteiger partial charge in [-0.1, -0.05) is 20.8 Å². The summed E-state index contributed by atoms with van der Waals surface area (Å²) in [7, 11) is -3.47. The van der Waals surface area contributed by atoms with Crippen molar-refractivity contribution in [3.63, 3.8) is 0 Å². The molecule has 1 saturated heterocycles. The van der Waals surface area contributed by atoms with Gasteiger partial charge < -0.3 is 9.88 Å². The molecule has 3 rings (SSSR count). The molecule has 30 heavy (non-hydrogen) atoms. The predicted octanol–water partition coefficient (Wildman–Crippen LogP) is 3.47. The zero-order valence-corrected chi connectivity index (χ0v) is 19.2. The number of hydrogen-bond donors (Lipinski definition) is 1. The van der Waals surface area contributed by atoms with Gasteiger partial charge in [-0.25, -0.2) is 13.4 Å². The summed E-state index contributed by atoms with van der Waals surface area (Å²) in [6.07, 6.45) is 5.52. The molecule has 2 heterocycles. The minimum atomic E-state index is -3.47. The van der Waals surface area contributed by atoms with Crippen LogP contribution in [-0.2, 0) is 27.8 Å². The summed E-state index contributed by atoms with van der Waals surface area (Å²) in [4.78, 5) is 17.4. The number of rotatable bonds is 10. The minimum Gasteiger partial charge on any atom is -0.353 e. The van der Waals surface area contributed by atoms with Crippen LogP contribution in [0.25, 0.3) is 11.0 Å². The van der Waals surface area contributed by atoms with E-state index in [9.17, 15) is 13.2 Å². The molecule has 0 radical (unpaired) electrons. The highest BCUT2D eigenvalue weighted by Crippen LogP contribution is 2.25. The maximum Gasteiger partial charge on any atom is 0.243 e. The van der Waals surface area contributed by atoms with Crippen LogP contribution in [0.4, 0.5) is 0 Å². The molecule has 2 aromatic rings. The monoisotopic (exact) mass is 434 g/mol. The van der Waals surface area contributed by atoms with Gasteiger partial charge in [0.05, 0.1) is 15.9 Å². The van der Waals surface area contributed by atoms with Crippen LogP contribution in [0.5, 0.6) is 0 Å². The molecule has 0 saturated carbocycles. The second-order valence-corrected chi connectivity index (χ2v) is 9.96. The van der Waals surface area contributed by atoms with Gasteiger partial charge in [0.1, 0.15) is 5.82 Å². The second-order valence-electron chi connectivity index (χ2n) is 8.02. The van der Waals surface area contributed by atoms with Gasteiger partial charge in [-0.2, -0.15) is 4.31 Å². The lowest BCUT2D eigenvalue weighted by Gasteiger charge is -2.15. The lowest BCUT2D eigenvalue weighted by Crippen LogP contribution is -2.34. The summed E-state index contributed by atoms with van der Waals surface area (Å²) in [5.41, 5.74) is 1.60. The zero-order valence-electron chi connectivity index (χ0n) is 18.4. The number of nitrogens with one attached hydrogen (secondary N) is 1. The SMILES string of the molecule is CCCn1c(CCC(=O)NC(CC)CC)nc2cc(S(=O)(=O)N3CCCC3)ccc21. The number of fused-ring (bicyclic) bond motifs is 1. The first kappa shape index (κ1) is 22.7. The number of sulfonamides is 1. The molecule has 1 N–H and O–H groups in total. The largest absolute Gasteiger partial charge is 0.353 e. The molecule has 8 heteroatoms. The highest BCUT2D eigenvalue weighted by Gasteiger charge is 2.27. The van der Waals surface area contributed by atoms with E-state index in [2.05, 4.69) is 30.7 Å². The van der Waals surface area contributed by atoms with E-state index in [0.717, 1.165) is 50.0 Å². The standard InChI is InChI=1S/C22H34N4O3S/c1-4-13-26-20-10-9-18(30(28,29)25-14-7-8-15-25)16-19(20)24-21(26)11-12-22(27)23-17(5-2)6-3/h9-10,16-17H,4-8,11-15H2,1-3H3,(H,23,27). The molecular formula is C22H34N4O3S. The fraction of sp³-hybridized carbons (Fsp3) is 0.636. The zero-order chi connectivity index (χ0) is 21.7. The quantitative estimate of drug-likeness (QED) is 0.621. The van der Waals surface area contributed by atoms with Crippen molar-refractivity contribution in [2.45, 2.75) is 83.2 Å². The van der Waals surface area contributed by atoms with Crippen molar-refractivity contribution in [1.82, 2.24) is 19.2 Å². The fourth-order valence-electron chi connectivity index (χ4n) is 4.08. The average Bonchev–Trinajstić information content (AvgIpc) is 3.39. The highest BCUT2D eigenvalue weighted by molar-refractivity contribution is 7.89. The Morgan fingerprint density at radius 3 is 2.50 bits per heavy atom. The van der Waals surface area contributed by atoms with Crippen molar-refractivity contribution >= 4 is 27.0 Å². The van der Waals surface area contributed by atoms with Gasteiger partial charge in [-0.15, -0.1) is 0 Å². The molecule has 1 aliphatic heterocycles. The Bertz CT molecular complexity index is 974.